The summed E-state index contributed by atoms with van der Waals surface area (Å²) >= 11 is 0. The Labute approximate surface area is 256 Å². The third-order valence-electron chi connectivity index (χ3n) is 7.69. The number of benzene rings is 1. The van der Waals surface area contributed by atoms with Crippen LogP contribution < -0.4 is 19.9 Å². The number of para-hydroxylation sites is 2. The summed E-state index contributed by atoms with van der Waals surface area (Å²) in [5.41, 5.74) is 1.20. The van der Waals surface area contributed by atoms with Crippen LogP contribution in [0.25, 0.3) is 0 Å². The molecule has 1 atom stereocenters. The number of nitrogens with zero attached hydrogens (tertiary/aromatic N) is 4. The molecule has 0 spiro atoms. The predicted molar refractivity (Wildman–Crippen MR) is 179 cm³/mol. The largest absolute Gasteiger partial charge is 0.495 e. The Morgan fingerprint density at radius 2 is 1.78 bits per heavy atom. The number of unbranched alkanes of at least 4 members (excludes halogenated alkanes) is 2. The van der Waals surface area contributed by atoms with E-state index in [4.69, 9.17) is 4.74 Å². The summed E-state index contributed by atoms with van der Waals surface area (Å²) in [6, 6.07) is 14.6. The van der Waals surface area contributed by atoms with E-state index in [2.05, 4.69) is 56.2 Å². The third kappa shape index (κ3) is 12.7. The standard InChI is InChI=1S/C32H51N5O2S2/c1-4-32(38)34-18-27-41-40-26-16-28(2)12-6-5-11-19-37(31-15-9-10-17-33-31)25-22-35-20-23-36(24-21-35)29-13-7-8-14-30(29)39-3/h7-10,13-15,17,28H,4-6,11-12,16,18-27H2,1-3H3,(H,34,38). The number of hydrogen-bond acceptors (Lipinski definition) is 8. The smallest absolute Gasteiger partial charge is 0.219 e. The highest BCUT2D eigenvalue weighted by atomic mass is 33.1. The Morgan fingerprint density at radius 1 is 1.00 bits per heavy atom. The second kappa shape index (κ2) is 19.9. The van der Waals surface area contributed by atoms with Crippen LogP contribution in [-0.4, -0.2) is 86.8 Å². The molecule has 1 aliphatic rings. The minimum Gasteiger partial charge on any atom is -0.495 e. The van der Waals surface area contributed by atoms with Crippen LogP contribution in [0.3, 0.4) is 0 Å². The molecule has 0 bridgehead atoms. The topological polar surface area (TPSA) is 60.9 Å². The molecule has 1 unspecified atom stereocenters. The molecule has 228 valence electrons. The highest BCUT2D eigenvalue weighted by Crippen LogP contribution is 2.28. The Morgan fingerprint density at radius 3 is 2.54 bits per heavy atom. The minimum absolute atomic E-state index is 0.145. The van der Waals surface area contributed by atoms with E-state index in [0.29, 0.717) is 6.42 Å². The SMILES string of the molecule is CCC(=O)NCCSSCCC(C)CCCCCN(CCN1CCN(c2ccccc2OC)CC1)c1ccccn1. The van der Waals surface area contributed by atoms with Crippen LogP contribution in [0.15, 0.2) is 48.7 Å². The molecule has 1 saturated heterocycles. The number of aromatic nitrogens is 1. The van der Waals surface area contributed by atoms with Gasteiger partial charge in [0.15, 0.2) is 0 Å². The van der Waals surface area contributed by atoms with Crippen LogP contribution >= 0.6 is 21.6 Å². The summed E-state index contributed by atoms with van der Waals surface area (Å²) in [4.78, 5) is 23.5. The average Bonchev–Trinajstić information content (AvgIpc) is 3.02. The Kier molecular flexibility index (Phi) is 16.2. The molecule has 1 aliphatic heterocycles. The van der Waals surface area contributed by atoms with E-state index < -0.39 is 0 Å². The van der Waals surface area contributed by atoms with Crippen LogP contribution in [0.4, 0.5) is 11.5 Å². The van der Waals surface area contributed by atoms with Gasteiger partial charge in [-0.3, -0.25) is 9.69 Å². The molecular formula is C32H51N5O2S2. The van der Waals surface area contributed by atoms with Crippen molar-refractivity contribution in [3.8, 4) is 5.75 Å². The van der Waals surface area contributed by atoms with E-state index in [1.807, 2.05) is 52.9 Å². The van der Waals surface area contributed by atoms with E-state index in [1.165, 1.54) is 43.5 Å². The molecule has 7 nitrogen and oxygen atoms in total. The van der Waals surface area contributed by atoms with Gasteiger partial charge in [0, 0.05) is 76.5 Å². The number of nitrogens with one attached hydrogen (secondary N) is 1. The van der Waals surface area contributed by atoms with Gasteiger partial charge < -0.3 is 19.9 Å². The summed E-state index contributed by atoms with van der Waals surface area (Å²) in [6.45, 7) is 12.4. The lowest BCUT2D eigenvalue weighted by Gasteiger charge is -2.37. The molecule has 2 heterocycles. The van der Waals surface area contributed by atoms with Crippen molar-refractivity contribution in [2.75, 3.05) is 80.8 Å². The van der Waals surface area contributed by atoms with Gasteiger partial charge in [0.05, 0.1) is 12.8 Å². The van der Waals surface area contributed by atoms with Crippen molar-refractivity contribution in [2.45, 2.75) is 52.4 Å². The summed E-state index contributed by atoms with van der Waals surface area (Å²) in [6.07, 6.45) is 8.82. The number of carbonyl (C=O) groups is 1. The van der Waals surface area contributed by atoms with Crippen molar-refractivity contribution >= 4 is 39.0 Å². The second-order valence-corrected chi connectivity index (χ2v) is 13.5. The van der Waals surface area contributed by atoms with E-state index in [-0.39, 0.29) is 5.91 Å². The van der Waals surface area contributed by atoms with Crippen molar-refractivity contribution < 1.29 is 9.53 Å². The summed E-state index contributed by atoms with van der Waals surface area (Å²) in [7, 11) is 5.57. The maximum absolute atomic E-state index is 11.3. The highest BCUT2D eigenvalue weighted by Gasteiger charge is 2.20. The number of pyridine rings is 1. The number of carbonyl (C=O) groups excluding carboxylic acids is 1. The van der Waals surface area contributed by atoms with Crippen molar-refractivity contribution in [3.05, 3.63) is 48.7 Å². The number of methoxy groups -OCH3 is 1. The van der Waals surface area contributed by atoms with Crippen molar-refractivity contribution in [2.24, 2.45) is 5.92 Å². The molecular weight excluding hydrogens is 551 g/mol. The number of amides is 1. The maximum atomic E-state index is 11.3. The molecule has 0 saturated carbocycles. The fraction of sp³-hybridized carbons (Fsp3) is 0.625. The fourth-order valence-corrected chi connectivity index (χ4v) is 7.25. The Hall–Kier alpha value is -2.10. The van der Waals surface area contributed by atoms with Gasteiger partial charge in [0.2, 0.25) is 5.91 Å². The van der Waals surface area contributed by atoms with E-state index in [9.17, 15) is 4.79 Å². The minimum atomic E-state index is 0.145. The first-order valence-electron chi connectivity index (χ1n) is 15.4. The summed E-state index contributed by atoms with van der Waals surface area (Å²) in [5.74, 6) is 5.14. The van der Waals surface area contributed by atoms with E-state index in [0.717, 1.165) is 75.6 Å². The van der Waals surface area contributed by atoms with Crippen LogP contribution in [0.5, 0.6) is 5.75 Å². The van der Waals surface area contributed by atoms with Crippen molar-refractivity contribution in [1.29, 1.82) is 0 Å². The number of ether oxygens (including phenoxy) is 1. The third-order valence-corrected chi connectivity index (χ3v) is 10.1. The molecule has 0 radical (unpaired) electrons. The lowest BCUT2D eigenvalue weighted by molar-refractivity contribution is -0.120. The molecule has 41 heavy (non-hydrogen) atoms. The average molecular weight is 602 g/mol. The quantitative estimate of drug-likeness (QED) is 0.142. The normalized spacial score (nSPS) is 14.6. The lowest BCUT2D eigenvalue weighted by Crippen LogP contribution is -2.48. The fourth-order valence-electron chi connectivity index (χ4n) is 5.09. The van der Waals surface area contributed by atoms with Gasteiger partial charge in [0.25, 0.3) is 0 Å². The number of hydrogen-bond donors (Lipinski definition) is 1. The Bertz CT molecular complexity index is 976. The van der Waals surface area contributed by atoms with Crippen LogP contribution in [0.2, 0.25) is 0 Å². The summed E-state index contributed by atoms with van der Waals surface area (Å²) in [5, 5.41) is 2.94. The van der Waals surface area contributed by atoms with Crippen LogP contribution in [0.1, 0.15) is 52.4 Å². The first-order chi connectivity index (χ1) is 20.1. The lowest BCUT2D eigenvalue weighted by atomic mass is 10.0. The molecule has 1 fully saturated rings. The van der Waals surface area contributed by atoms with Gasteiger partial charge in [0.1, 0.15) is 11.6 Å². The molecule has 2 aromatic rings. The Balaban J connectivity index is 1.30. The van der Waals surface area contributed by atoms with Gasteiger partial charge in [-0.25, -0.2) is 4.98 Å². The zero-order chi connectivity index (χ0) is 29.1. The van der Waals surface area contributed by atoms with E-state index >= 15 is 0 Å². The maximum Gasteiger partial charge on any atom is 0.219 e. The number of rotatable bonds is 20. The molecule has 3 rings (SSSR count). The molecule has 9 heteroatoms. The van der Waals surface area contributed by atoms with E-state index in [1.54, 1.807) is 7.11 Å². The first kappa shape index (κ1) is 33.4. The molecule has 1 aromatic heterocycles. The molecule has 0 aliphatic carbocycles. The van der Waals surface area contributed by atoms with Gasteiger partial charge in [-0.2, -0.15) is 0 Å². The zero-order valence-electron chi connectivity index (χ0n) is 25.4. The highest BCUT2D eigenvalue weighted by molar-refractivity contribution is 8.76. The first-order valence-corrected chi connectivity index (χ1v) is 17.9. The summed E-state index contributed by atoms with van der Waals surface area (Å²) < 4.78 is 5.58. The second-order valence-electron chi connectivity index (χ2n) is 10.8. The van der Waals surface area contributed by atoms with Crippen LogP contribution in [-0.2, 0) is 4.79 Å². The number of piperazine rings is 1. The molecule has 1 aromatic carbocycles. The molecule has 1 N–H and O–H groups in total. The van der Waals surface area contributed by atoms with Gasteiger partial charge in [-0.1, -0.05) is 72.9 Å². The van der Waals surface area contributed by atoms with Crippen LogP contribution in [0, 0.1) is 5.92 Å². The monoisotopic (exact) mass is 601 g/mol. The molecule has 1 amide bonds. The van der Waals surface area contributed by atoms with Crippen molar-refractivity contribution in [3.63, 3.8) is 0 Å². The van der Waals surface area contributed by atoms with Gasteiger partial charge in [-0.05, 0) is 43.0 Å². The zero-order valence-corrected chi connectivity index (χ0v) is 27.1. The van der Waals surface area contributed by atoms with Gasteiger partial charge >= 0.3 is 0 Å². The predicted octanol–water partition coefficient (Wildman–Crippen LogP) is 6.21. The number of anilines is 2. The van der Waals surface area contributed by atoms with Crippen molar-refractivity contribution in [1.82, 2.24) is 15.2 Å². The van der Waals surface area contributed by atoms with Gasteiger partial charge in [-0.15, -0.1) is 0 Å².